The molecule has 0 aliphatic carbocycles. The third kappa shape index (κ3) is 4.79. The van der Waals surface area contributed by atoms with E-state index < -0.39 is 16.1 Å². The van der Waals surface area contributed by atoms with Crippen LogP contribution in [0.5, 0.6) is 0 Å². The highest BCUT2D eigenvalue weighted by atomic mass is 32.2. The van der Waals surface area contributed by atoms with Crippen molar-refractivity contribution in [1.82, 2.24) is 9.21 Å². The summed E-state index contributed by atoms with van der Waals surface area (Å²) in [5, 5.41) is 2.85. The van der Waals surface area contributed by atoms with Crippen molar-refractivity contribution < 1.29 is 18.0 Å². The van der Waals surface area contributed by atoms with Crippen molar-refractivity contribution in [2.75, 3.05) is 5.32 Å². The van der Waals surface area contributed by atoms with E-state index in [2.05, 4.69) is 5.32 Å². The quantitative estimate of drug-likeness (QED) is 0.679. The molecule has 0 radical (unpaired) electrons. The SMILES string of the molecule is CC(=O)N1C=Cc2ccccc2[C@@H]1CC(=O)Nc1ccc(S(=O)(=O)N2[C@H](C)CCC[C@H]2C)cc1. The highest BCUT2D eigenvalue weighted by molar-refractivity contribution is 7.89. The van der Waals surface area contributed by atoms with Crippen LogP contribution in [0.2, 0.25) is 0 Å². The zero-order chi connectivity index (χ0) is 24.5. The van der Waals surface area contributed by atoms with Crippen LogP contribution in [-0.4, -0.2) is 41.5 Å². The Bertz CT molecular complexity index is 1200. The molecule has 0 bridgehead atoms. The first-order valence-electron chi connectivity index (χ1n) is 11.7. The van der Waals surface area contributed by atoms with Gasteiger partial charge in [-0.3, -0.25) is 9.59 Å². The molecule has 2 heterocycles. The van der Waals surface area contributed by atoms with Gasteiger partial charge in [-0.15, -0.1) is 0 Å². The maximum Gasteiger partial charge on any atom is 0.243 e. The summed E-state index contributed by atoms with van der Waals surface area (Å²) in [6.07, 6.45) is 6.41. The summed E-state index contributed by atoms with van der Waals surface area (Å²) in [5.74, 6) is -0.394. The number of piperidine rings is 1. The Morgan fingerprint density at radius 3 is 2.29 bits per heavy atom. The maximum atomic E-state index is 13.2. The summed E-state index contributed by atoms with van der Waals surface area (Å²) in [7, 11) is -3.61. The van der Waals surface area contributed by atoms with Gasteiger partial charge in [-0.05, 0) is 68.2 Å². The number of sulfonamides is 1. The summed E-state index contributed by atoms with van der Waals surface area (Å²) >= 11 is 0. The molecule has 3 atom stereocenters. The van der Waals surface area contributed by atoms with Gasteiger partial charge in [0.1, 0.15) is 0 Å². The molecule has 2 aliphatic rings. The lowest BCUT2D eigenvalue weighted by molar-refractivity contribution is -0.129. The topological polar surface area (TPSA) is 86.8 Å². The number of nitrogens with zero attached hydrogens (tertiary/aromatic N) is 2. The third-order valence-corrected chi connectivity index (χ3v) is 8.82. The Morgan fingerprint density at radius 2 is 1.65 bits per heavy atom. The fraction of sp³-hybridized carbons (Fsp3) is 0.385. The molecule has 0 saturated carbocycles. The minimum absolute atomic E-state index is 0.0372. The van der Waals surface area contributed by atoms with Gasteiger partial charge in [-0.2, -0.15) is 4.31 Å². The monoisotopic (exact) mass is 481 g/mol. The third-order valence-electron chi connectivity index (χ3n) is 6.67. The molecule has 1 saturated heterocycles. The minimum atomic E-state index is -3.61. The Hall–Kier alpha value is -2.97. The Labute approximate surface area is 201 Å². The Kier molecular flexibility index (Phi) is 6.91. The molecule has 2 aliphatic heterocycles. The summed E-state index contributed by atoms with van der Waals surface area (Å²) < 4.78 is 28.0. The van der Waals surface area contributed by atoms with Gasteiger partial charge in [0.15, 0.2) is 0 Å². The van der Waals surface area contributed by atoms with Crippen molar-refractivity contribution in [3.63, 3.8) is 0 Å². The second-order valence-electron chi connectivity index (χ2n) is 9.13. The average molecular weight is 482 g/mol. The van der Waals surface area contributed by atoms with Crippen molar-refractivity contribution >= 4 is 33.6 Å². The molecule has 1 fully saturated rings. The molecule has 0 spiro atoms. The molecule has 180 valence electrons. The van der Waals surface area contributed by atoms with Gasteiger partial charge in [0.2, 0.25) is 21.8 Å². The average Bonchev–Trinajstić information content (AvgIpc) is 2.79. The first-order chi connectivity index (χ1) is 16.2. The van der Waals surface area contributed by atoms with Gasteiger partial charge in [0, 0.05) is 30.9 Å². The molecular formula is C26H31N3O4S. The lowest BCUT2D eigenvalue weighted by atomic mass is 9.93. The first kappa shape index (κ1) is 24.2. The number of hydrogen-bond acceptors (Lipinski definition) is 4. The number of amides is 2. The largest absolute Gasteiger partial charge is 0.326 e. The van der Waals surface area contributed by atoms with Crippen molar-refractivity contribution in [3.05, 3.63) is 65.9 Å². The summed E-state index contributed by atoms with van der Waals surface area (Å²) in [6, 6.07) is 13.5. The van der Waals surface area contributed by atoms with E-state index in [9.17, 15) is 18.0 Å². The van der Waals surface area contributed by atoms with Crippen LogP contribution in [0.1, 0.15) is 63.6 Å². The highest BCUT2D eigenvalue weighted by Gasteiger charge is 2.35. The van der Waals surface area contributed by atoms with Crippen LogP contribution in [-0.2, 0) is 19.6 Å². The fourth-order valence-corrected chi connectivity index (χ4v) is 6.89. The van der Waals surface area contributed by atoms with Gasteiger partial charge < -0.3 is 10.2 Å². The number of benzene rings is 2. The van der Waals surface area contributed by atoms with Crippen molar-refractivity contribution in [1.29, 1.82) is 0 Å². The fourth-order valence-electron chi connectivity index (χ4n) is 5.00. The number of carbonyl (C=O) groups excluding carboxylic acids is 2. The zero-order valence-electron chi connectivity index (χ0n) is 19.8. The smallest absolute Gasteiger partial charge is 0.243 e. The molecule has 2 aromatic carbocycles. The van der Waals surface area contributed by atoms with Crippen LogP contribution in [0.4, 0.5) is 5.69 Å². The number of rotatable bonds is 5. The number of nitrogens with one attached hydrogen (secondary N) is 1. The maximum absolute atomic E-state index is 13.2. The second kappa shape index (κ2) is 9.72. The predicted molar refractivity (Wildman–Crippen MR) is 132 cm³/mol. The van der Waals surface area contributed by atoms with Gasteiger partial charge >= 0.3 is 0 Å². The summed E-state index contributed by atoms with van der Waals surface area (Å²) in [5.41, 5.74) is 2.41. The zero-order valence-corrected chi connectivity index (χ0v) is 20.6. The summed E-state index contributed by atoms with van der Waals surface area (Å²) in [6.45, 7) is 5.38. The van der Waals surface area contributed by atoms with E-state index in [0.29, 0.717) is 5.69 Å². The molecule has 0 aromatic heterocycles. The lowest BCUT2D eigenvalue weighted by Gasteiger charge is -2.37. The van der Waals surface area contributed by atoms with E-state index in [-0.39, 0.29) is 35.2 Å². The van der Waals surface area contributed by atoms with Crippen molar-refractivity contribution in [2.45, 2.75) is 69.5 Å². The van der Waals surface area contributed by atoms with E-state index in [0.717, 1.165) is 30.4 Å². The minimum Gasteiger partial charge on any atom is -0.326 e. The molecular weight excluding hydrogens is 450 g/mol. The van der Waals surface area contributed by atoms with Crippen LogP contribution >= 0.6 is 0 Å². The van der Waals surface area contributed by atoms with Crippen LogP contribution in [0, 0.1) is 0 Å². The van der Waals surface area contributed by atoms with E-state index in [4.69, 9.17) is 0 Å². The standard InChI is InChI=1S/C26H31N3O4S/c1-18-7-6-8-19(2)29(18)34(32,33)23-13-11-22(12-14-23)27-26(31)17-25-24-10-5-4-9-21(24)15-16-28(25)20(3)30/h4-5,9-16,18-19,25H,6-8,17H2,1-3H3,(H,27,31)/t18-,19-,25+/m1/s1. The van der Waals surface area contributed by atoms with Crippen LogP contribution in [0.25, 0.3) is 6.08 Å². The lowest BCUT2D eigenvalue weighted by Crippen LogP contribution is -2.47. The van der Waals surface area contributed by atoms with Crippen LogP contribution in [0.15, 0.2) is 59.6 Å². The molecule has 34 heavy (non-hydrogen) atoms. The molecule has 8 heteroatoms. The first-order valence-corrected chi connectivity index (χ1v) is 13.1. The van der Waals surface area contributed by atoms with Gasteiger partial charge in [0.05, 0.1) is 17.4 Å². The highest BCUT2D eigenvalue weighted by Crippen LogP contribution is 2.33. The van der Waals surface area contributed by atoms with E-state index in [1.54, 1.807) is 39.7 Å². The van der Waals surface area contributed by atoms with Crippen molar-refractivity contribution in [3.8, 4) is 0 Å². The van der Waals surface area contributed by atoms with E-state index in [1.807, 2.05) is 44.2 Å². The molecule has 4 rings (SSSR count). The van der Waals surface area contributed by atoms with E-state index >= 15 is 0 Å². The van der Waals surface area contributed by atoms with Gasteiger partial charge in [-0.25, -0.2) is 8.42 Å². The molecule has 2 aromatic rings. The van der Waals surface area contributed by atoms with Crippen LogP contribution in [0.3, 0.4) is 0 Å². The summed E-state index contributed by atoms with van der Waals surface area (Å²) in [4.78, 5) is 26.8. The number of anilines is 1. The number of fused-ring (bicyclic) bond motifs is 1. The van der Waals surface area contributed by atoms with Gasteiger partial charge in [-0.1, -0.05) is 30.7 Å². The molecule has 0 unspecified atom stereocenters. The number of hydrogen-bond donors (Lipinski definition) is 1. The molecule has 7 nitrogen and oxygen atoms in total. The van der Waals surface area contributed by atoms with Gasteiger partial charge in [0.25, 0.3) is 0 Å². The van der Waals surface area contributed by atoms with Crippen molar-refractivity contribution in [2.24, 2.45) is 0 Å². The Morgan fingerprint density at radius 1 is 1.00 bits per heavy atom. The van der Waals surface area contributed by atoms with Crippen LogP contribution < -0.4 is 5.32 Å². The normalized spacial score (nSPS) is 22.8. The Balaban J connectivity index is 1.48. The number of carbonyl (C=O) groups is 2. The second-order valence-corrected chi connectivity index (χ2v) is 11.0. The predicted octanol–water partition coefficient (Wildman–Crippen LogP) is 4.54. The molecule has 1 N–H and O–H groups in total. The molecule has 2 amide bonds. The van der Waals surface area contributed by atoms with E-state index in [1.165, 1.54) is 6.92 Å².